The van der Waals surface area contributed by atoms with Crippen molar-refractivity contribution in [1.29, 1.82) is 10.5 Å². The summed E-state index contributed by atoms with van der Waals surface area (Å²) < 4.78 is 24.9. The summed E-state index contributed by atoms with van der Waals surface area (Å²) in [5, 5.41) is 21.9. The monoisotopic (exact) mass is 470 g/mol. The zero-order valence-electron chi connectivity index (χ0n) is 18.0. The van der Waals surface area contributed by atoms with E-state index in [1.165, 1.54) is 12.4 Å². The van der Waals surface area contributed by atoms with Gasteiger partial charge < -0.3 is 11.1 Å². The molecule has 11 heteroatoms. The Balaban J connectivity index is 1.82. The van der Waals surface area contributed by atoms with Gasteiger partial charge >= 0.3 is 0 Å². The lowest BCUT2D eigenvalue weighted by atomic mass is 10.1. The molecule has 2 aromatic carbocycles. The minimum atomic E-state index is -3.56. The van der Waals surface area contributed by atoms with E-state index in [1.807, 2.05) is 6.07 Å². The number of nitrogens with one attached hydrogen (secondary N) is 1. The van der Waals surface area contributed by atoms with Crippen LogP contribution in [0.5, 0.6) is 0 Å². The number of anilines is 2. The molecule has 0 fully saturated rings. The van der Waals surface area contributed by atoms with E-state index in [1.54, 1.807) is 36.4 Å². The number of sulfone groups is 1. The van der Waals surface area contributed by atoms with Gasteiger partial charge in [-0.15, -0.1) is 0 Å². The van der Waals surface area contributed by atoms with Crippen LogP contribution in [0.4, 0.5) is 11.6 Å². The van der Waals surface area contributed by atoms with E-state index in [9.17, 15) is 18.9 Å². The van der Waals surface area contributed by atoms with Gasteiger partial charge in [-0.25, -0.2) is 28.4 Å². The fourth-order valence-electron chi connectivity index (χ4n) is 3.52. The molecular weight excluding hydrogens is 452 g/mol. The molecule has 2 aromatic heterocycles. The molecule has 0 bridgehead atoms. The van der Waals surface area contributed by atoms with Crippen LogP contribution in [0.1, 0.15) is 16.8 Å². The predicted molar refractivity (Wildman–Crippen MR) is 126 cm³/mol. The molecule has 0 saturated heterocycles. The molecule has 0 atom stereocenters. The molecule has 4 aromatic rings. The van der Waals surface area contributed by atoms with Gasteiger partial charge in [0.15, 0.2) is 9.84 Å². The van der Waals surface area contributed by atoms with Gasteiger partial charge in [0.2, 0.25) is 0 Å². The van der Waals surface area contributed by atoms with Crippen molar-refractivity contribution in [2.75, 3.05) is 23.9 Å². The molecule has 0 saturated carbocycles. The summed E-state index contributed by atoms with van der Waals surface area (Å²) >= 11 is 0. The van der Waals surface area contributed by atoms with Crippen molar-refractivity contribution in [2.24, 2.45) is 0 Å². The van der Waals surface area contributed by atoms with Gasteiger partial charge in [-0.2, -0.15) is 10.5 Å². The minimum Gasteiger partial charge on any atom is -0.382 e. The number of hydrogen-bond donors (Lipinski definition) is 2. The number of nitrogen functional groups attached to an aromatic ring is 1. The molecule has 168 valence electrons. The van der Waals surface area contributed by atoms with Crippen molar-refractivity contribution in [3.63, 3.8) is 0 Å². The third kappa shape index (κ3) is 4.33. The molecule has 0 amide bonds. The first kappa shape index (κ1) is 22.6. The third-order valence-electron chi connectivity index (χ3n) is 5.07. The van der Waals surface area contributed by atoms with Gasteiger partial charge in [0.05, 0.1) is 27.4 Å². The second-order valence-corrected chi connectivity index (χ2v) is 9.33. The fourth-order valence-corrected chi connectivity index (χ4v) is 4.41. The van der Waals surface area contributed by atoms with Gasteiger partial charge in [-0.1, -0.05) is 24.3 Å². The first-order chi connectivity index (χ1) is 16.3. The lowest BCUT2D eigenvalue weighted by Gasteiger charge is -2.14. The number of nitrogens with two attached hydrogens (primary N) is 1. The standard InChI is InChI=1S/C23H18N8O2S/c1-34(32,33)19-8-3-2-6-15(19)21-18(30-17-7-4-5-14(11-24)20(17)31-21)9-10-27-23-16(12-25)22(26)28-13-29-23/h2-8,13H,9-10H2,1H3,(H3,26,27,28,29). The molecule has 34 heavy (non-hydrogen) atoms. The molecule has 0 spiro atoms. The molecule has 0 aliphatic carbocycles. The lowest BCUT2D eigenvalue weighted by Crippen LogP contribution is -2.12. The van der Waals surface area contributed by atoms with Gasteiger partial charge in [0, 0.05) is 24.8 Å². The van der Waals surface area contributed by atoms with Crippen LogP contribution in [-0.4, -0.2) is 41.2 Å². The second-order valence-electron chi connectivity index (χ2n) is 7.34. The van der Waals surface area contributed by atoms with Gasteiger partial charge in [0.25, 0.3) is 0 Å². The van der Waals surface area contributed by atoms with E-state index in [4.69, 9.17) is 10.7 Å². The number of hydrogen-bond acceptors (Lipinski definition) is 10. The number of nitriles is 2. The topological polar surface area (TPSA) is 171 Å². The molecule has 2 heterocycles. The van der Waals surface area contributed by atoms with E-state index < -0.39 is 9.84 Å². The van der Waals surface area contributed by atoms with Crippen LogP contribution in [0, 0.1) is 22.7 Å². The van der Waals surface area contributed by atoms with E-state index >= 15 is 0 Å². The Kier molecular flexibility index (Phi) is 6.04. The van der Waals surface area contributed by atoms with Crippen LogP contribution in [0.15, 0.2) is 53.7 Å². The van der Waals surface area contributed by atoms with Gasteiger partial charge in [-0.05, 0) is 18.2 Å². The normalized spacial score (nSPS) is 11.0. The van der Waals surface area contributed by atoms with Crippen LogP contribution in [0.25, 0.3) is 22.3 Å². The maximum Gasteiger partial charge on any atom is 0.176 e. The zero-order valence-corrected chi connectivity index (χ0v) is 18.8. The van der Waals surface area contributed by atoms with Crippen molar-refractivity contribution < 1.29 is 8.42 Å². The first-order valence-electron chi connectivity index (χ1n) is 10.1. The van der Waals surface area contributed by atoms with Crippen LogP contribution in [-0.2, 0) is 16.3 Å². The quantitative estimate of drug-likeness (QED) is 0.426. The van der Waals surface area contributed by atoms with Crippen LogP contribution < -0.4 is 11.1 Å². The summed E-state index contributed by atoms with van der Waals surface area (Å²) in [5.41, 5.74) is 8.39. The first-order valence-corrected chi connectivity index (χ1v) is 12.0. The molecule has 4 rings (SSSR count). The molecule has 3 N–H and O–H groups in total. The number of fused-ring (bicyclic) bond motifs is 1. The Bertz CT molecular complexity index is 1600. The van der Waals surface area contributed by atoms with E-state index in [-0.39, 0.29) is 22.1 Å². The van der Waals surface area contributed by atoms with Crippen molar-refractivity contribution in [3.05, 3.63) is 65.6 Å². The lowest BCUT2D eigenvalue weighted by molar-refractivity contribution is 0.602. The molecule has 0 unspecified atom stereocenters. The highest BCUT2D eigenvalue weighted by Gasteiger charge is 2.20. The molecule has 0 aliphatic rings. The van der Waals surface area contributed by atoms with E-state index in [0.717, 1.165) is 6.26 Å². The van der Waals surface area contributed by atoms with Crippen LogP contribution in [0.2, 0.25) is 0 Å². The summed E-state index contributed by atoms with van der Waals surface area (Å²) in [4.78, 5) is 17.4. The molecular formula is C23H18N8O2S. The summed E-state index contributed by atoms with van der Waals surface area (Å²) in [6, 6.07) is 15.7. The summed E-state index contributed by atoms with van der Waals surface area (Å²) in [6.07, 6.45) is 2.71. The second kappa shape index (κ2) is 9.10. The predicted octanol–water partition coefficient (Wildman–Crippen LogP) is 2.47. The number of nitrogens with zero attached hydrogens (tertiary/aromatic N) is 6. The Morgan fingerprint density at radius 1 is 1.03 bits per heavy atom. The van der Waals surface area contributed by atoms with Crippen molar-refractivity contribution in [2.45, 2.75) is 11.3 Å². The Labute approximate surface area is 195 Å². The number of aromatic nitrogens is 4. The molecule has 0 radical (unpaired) electrons. The largest absolute Gasteiger partial charge is 0.382 e. The highest BCUT2D eigenvalue weighted by molar-refractivity contribution is 7.90. The summed E-state index contributed by atoms with van der Waals surface area (Å²) in [7, 11) is -3.56. The van der Waals surface area contributed by atoms with E-state index in [2.05, 4.69) is 26.3 Å². The number of rotatable bonds is 6. The van der Waals surface area contributed by atoms with Crippen LogP contribution >= 0.6 is 0 Å². The Morgan fingerprint density at radius 3 is 2.56 bits per heavy atom. The average molecular weight is 471 g/mol. The Morgan fingerprint density at radius 2 is 1.82 bits per heavy atom. The van der Waals surface area contributed by atoms with E-state index in [0.29, 0.717) is 46.5 Å². The smallest absolute Gasteiger partial charge is 0.176 e. The average Bonchev–Trinajstić information content (AvgIpc) is 2.82. The molecule has 10 nitrogen and oxygen atoms in total. The SMILES string of the molecule is CS(=O)(=O)c1ccccc1-c1nc2c(C#N)cccc2nc1CCNc1ncnc(N)c1C#N. The van der Waals surface area contributed by atoms with Gasteiger partial charge in [-0.3, -0.25) is 0 Å². The fraction of sp³-hybridized carbons (Fsp3) is 0.130. The third-order valence-corrected chi connectivity index (χ3v) is 6.23. The Hall–Kier alpha value is -4.61. The van der Waals surface area contributed by atoms with Crippen molar-refractivity contribution >= 4 is 32.5 Å². The summed E-state index contributed by atoms with van der Waals surface area (Å²) in [6.45, 7) is 0.303. The van der Waals surface area contributed by atoms with Crippen molar-refractivity contribution in [3.8, 4) is 23.4 Å². The zero-order chi connectivity index (χ0) is 24.3. The highest BCUT2D eigenvalue weighted by atomic mass is 32.2. The maximum atomic E-state index is 12.5. The highest BCUT2D eigenvalue weighted by Crippen LogP contribution is 2.30. The van der Waals surface area contributed by atoms with Crippen molar-refractivity contribution in [1.82, 2.24) is 19.9 Å². The number of benzene rings is 2. The van der Waals surface area contributed by atoms with Crippen LogP contribution in [0.3, 0.4) is 0 Å². The number of para-hydroxylation sites is 1. The summed E-state index contributed by atoms with van der Waals surface area (Å²) in [5.74, 6) is 0.353. The molecule has 0 aliphatic heterocycles. The minimum absolute atomic E-state index is 0.0669. The maximum absolute atomic E-state index is 12.5. The van der Waals surface area contributed by atoms with Gasteiger partial charge in [0.1, 0.15) is 41.2 Å².